The lowest BCUT2D eigenvalue weighted by molar-refractivity contribution is -0.116. The SMILES string of the molecule is C=CC(=O)NCc1cccc(-c2ncnc3c2c(-c2nnc(C)o2)cn3COCC[Si](C)(C)C)c1. The molecule has 1 N–H and O–H groups in total. The van der Waals surface area contributed by atoms with Gasteiger partial charge in [0.1, 0.15) is 18.7 Å². The topological polar surface area (TPSA) is 108 Å². The average Bonchev–Trinajstić information content (AvgIpc) is 3.43. The van der Waals surface area contributed by atoms with Gasteiger partial charge in [-0.15, -0.1) is 10.2 Å². The van der Waals surface area contributed by atoms with Crippen LogP contribution in [0.2, 0.25) is 25.7 Å². The molecular weight excluding hydrogens is 460 g/mol. The third kappa shape index (κ3) is 5.90. The maximum atomic E-state index is 11.6. The second-order valence-electron chi connectivity index (χ2n) is 9.53. The zero-order valence-electron chi connectivity index (χ0n) is 20.5. The molecule has 0 saturated carbocycles. The van der Waals surface area contributed by atoms with E-state index >= 15 is 0 Å². The number of ether oxygens (including phenoxy) is 1. The van der Waals surface area contributed by atoms with E-state index in [2.05, 4.69) is 51.7 Å². The fourth-order valence-corrected chi connectivity index (χ4v) is 4.40. The number of aryl methyl sites for hydroxylation is 1. The Kier molecular flexibility index (Phi) is 7.22. The molecule has 3 heterocycles. The molecule has 35 heavy (non-hydrogen) atoms. The highest BCUT2D eigenvalue weighted by atomic mass is 28.3. The Labute approximate surface area is 205 Å². The lowest BCUT2D eigenvalue weighted by atomic mass is 10.0. The van der Waals surface area contributed by atoms with Crippen LogP contribution in [0.3, 0.4) is 0 Å². The highest BCUT2D eigenvalue weighted by molar-refractivity contribution is 6.76. The van der Waals surface area contributed by atoms with E-state index in [1.165, 1.54) is 6.08 Å². The zero-order chi connectivity index (χ0) is 25.0. The smallest absolute Gasteiger partial charge is 0.250 e. The van der Waals surface area contributed by atoms with Gasteiger partial charge in [-0.25, -0.2) is 9.97 Å². The van der Waals surface area contributed by atoms with Crippen molar-refractivity contribution in [1.29, 1.82) is 0 Å². The summed E-state index contributed by atoms with van der Waals surface area (Å²) in [6, 6.07) is 8.94. The van der Waals surface area contributed by atoms with Crippen LogP contribution < -0.4 is 5.32 Å². The molecule has 0 fully saturated rings. The van der Waals surface area contributed by atoms with E-state index in [0.717, 1.165) is 39.5 Å². The number of carbonyl (C=O) groups excluding carboxylic acids is 1. The molecule has 9 nitrogen and oxygen atoms in total. The van der Waals surface area contributed by atoms with Crippen molar-refractivity contribution in [2.75, 3.05) is 6.61 Å². The number of hydrogen-bond acceptors (Lipinski definition) is 7. The van der Waals surface area contributed by atoms with Crippen molar-refractivity contribution in [1.82, 2.24) is 30.0 Å². The van der Waals surface area contributed by atoms with E-state index in [0.29, 0.717) is 31.7 Å². The summed E-state index contributed by atoms with van der Waals surface area (Å²) in [5, 5.41) is 11.9. The third-order valence-electron chi connectivity index (χ3n) is 5.49. The van der Waals surface area contributed by atoms with E-state index in [-0.39, 0.29) is 5.91 Å². The Bertz CT molecular complexity index is 1350. The van der Waals surface area contributed by atoms with Gasteiger partial charge in [-0.3, -0.25) is 4.79 Å². The van der Waals surface area contributed by atoms with Crippen molar-refractivity contribution in [2.24, 2.45) is 0 Å². The highest BCUT2D eigenvalue weighted by Crippen LogP contribution is 2.35. The molecule has 0 atom stereocenters. The van der Waals surface area contributed by atoms with Crippen LogP contribution in [0, 0.1) is 6.92 Å². The largest absolute Gasteiger partial charge is 0.421 e. The normalized spacial score (nSPS) is 11.7. The van der Waals surface area contributed by atoms with Crippen LogP contribution in [0.1, 0.15) is 11.5 Å². The molecule has 3 aromatic heterocycles. The summed E-state index contributed by atoms with van der Waals surface area (Å²) in [6.07, 6.45) is 4.73. The first-order valence-corrected chi connectivity index (χ1v) is 15.2. The molecule has 1 aromatic carbocycles. The molecule has 0 aliphatic heterocycles. The number of nitrogens with zero attached hydrogens (tertiary/aromatic N) is 5. The molecule has 4 rings (SSSR count). The van der Waals surface area contributed by atoms with Crippen molar-refractivity contribution in [2.45, 2.75) is 45.9 Å². The number of aromatic nitrogens is 5. The number of benzene rings is 1. The van der Waals surface area contributed by atoms with Crippen molar-refractivity contribution >= 4 is 25.0 Å². The molecule has 10 heteroatoms. The van der Waals surface area contributed by atoms with Gasteiger partial charge >= 0.3 is 0 Å². The van der Waals surface area contributed by atoms with Gasteiger partial charge in [0.15, 0.2) is 0 Å². The lowest BCUT2D eigenvalue weighted by Crippen LogP contribution is -2.22. The molecule has 0 aliphatic carbocycles. The number of amides is 1. The molecule has 182 valence electrons. The summed E-state index contributed by atoms with van der Waals surface area (Å²) < 4.78 is 13.7. The Balaban J connectivity index is 1.74. The molecule has 0 unspecified atom stereocenters. The van der Waals surface area contributed by atoms with Crippen molar-refractivity contribution in [3.63, 3.8) is 0 Å². The number of carbonyl (C=O) groups is 1. The van der Waals surface area contributed by atoms with Crippen LogP contribution in [0.4, 0.5) is 0 Å². The van der Waals surface area contributed by atoms with Gasteiger partial charge in [0.05, 0.1) is 16.6 Å². The minimum atomic E-state index is -1.19. The Hall–Kier alpha value is -3.63. The molecule has 0 radical (unpaired) electrons. The summed E-state index contributed by atoms with van der Waals surface area (Å²) in [5.74, 6) is 0.657. The molecule has 0 saturated heterocycles. The first-order valence-electron chi connectivity index (χ1n) is 11.5. The highest BCUT2D eigenvalue weighted by Gasteiger charge is 2.21. The van der Waals surface area contributed by atoms with E-state index in [1.807, 2.05) is 35.0 Å². The number of nitrogens with one attached hydrogen (secondary N) is 1. The summed E-state index contributed by atoms with van der Waals surface area (Å²) in [5.41, 5.74) is 4.03. The quantitative estimate of drug-likeness (QED) is 0.197. The van der Waals surface area contributed by atoms with Crippen LogP contribution in [0.25, 0.3) is 33.7 Å². The van der Waals surface area contributed by atoms with Gasteiger partial charge < -0.3 is 19.0 Å². The predicted molar refractivity (Wildman–Crippen MR) is 137 cm³/mol. The summed E-state index contributed by atoms with van der Waals surface area (Å²) in [6.45, 7) is 13.7. The Morgan fingerprint density at radius 3 is 2.80 bits per heavy atom. The fraction of sp³-hybridized carbons (Fsp3) is 0.320. The summed E-state index contributed by atoms with van der Waals surface area (Å²) in [7, 11) is -1.19. The number of fused-ring (bicyclic) bond motifs is 1. The van der Waals surface area contributed by atoms with Crippen molar-refractivity contribution in [3.05, 3.63) is 60.9 Å². The van der Waals surface area contributed by atoms with Crippen LogP contribution in [0.5, 0.6) is 0 Å². The van der Waals surface area contributed by atoms with E-state index < -0.39 is 8.07 Å². The molecule has 1 amide bonds. The molecule has 0 bridgehead atoms. The predicted octanol–water partition coefficient (Wildman–Crippen LogP) is 4.57. The first kappa shape index (κ1) is 24.5. The molecule has 0 aliphatic rings. The van der Waals surface area contributed by atoms with Gasteiger partial charge in [0.2, 0.25) is 17.7 Å². The summed E-state index contributed by atoms with van der Waals surface area (Å²) in [4.78, 5) is 20.8. The Morgan fingerprint density at radius 2 is 2.09 bits per heavy atom. The minimum absolute atomic E-state index is 0.222. The zero-order valence-corrected chi connectivity index (χ0v) is 21.5. The second-order valence-corrected chi connectivity index (χ2v) is 15.2. The van der Waals surface area contributed by atoms with Gasteiger partial charge in [-0.1, -0.05) is 44.4 Å². The van der Waals surface area contributed by atoms with Gasteiger partial charge in [0, 0.05) is 39.9 Å². The van der Waals surface area contributed by atoms with Crippen LogP contribution in [0.15, 0.2) is 53.9 Å². The Morgan fingerprint density at radius 1 is 1.26 bits per heavy atom. The second kappa shape index (κ2) is 10.3. The maximum absolute atomic E-state index is 11.6. The van der Waals surface area contributed by atoms with Gasteiger partial charge in [-0.2, -0.15) is 0 Å². The first-order chi connectivity index (χ1) is 16.7. The minimum Gasteiger partial charge on any atom is -0.421 e. The molecule has 4 aromatic rings. The summed E-state index contributed by atoms with van der Waals surface area (Å²) >= 11 is 0. The number of hydrogen-bond donors (Lipinski definition) is 1. The van der Waals surface area contributed by atoms with Crippen molar-refractivity contribution < 1.29 is 13.9 Å². The molecule has 0 spiro atoms. The monoisotopic (exact) mass is 490 g/mol. The molecular formula is C25H30N6O3Si. The third-order valence-corrected chi connectivity index (χ3v) is 7.19. The van der Waals surface area contributed by atoms with Crippen LogP contribution in [-0.4, -0.2) is 45.3 Å². The maximum Gasteiger partial charge on any atom is 0.250 e. The van der Waals surface area contributed by atoms with Gasteiger partial charge in [-0.05, 0) is 23.7 Å². The van der Waals surface area contributed by atoms with E-state index in [4.69, 9.17) is 9.15 Å². The lowest BCUT2D eigenvalue weighted by Gasteiger charge is -2.15. The van der Waals surface area contributed by atoms with Crippen LogP contribution in [-0.2, 0) is 22.8 Å². The van der Waals surface area contributed by atoms with E-state index in [9.17, 15) is 4.79 Å². The van der Waals surface area contributed by atoms with E-state index in [1.54, 1.807) is 13.3 Å². The average molecular weight is 491 g/mol. The number of rotatable bonds is 10. The van der Waals surface area contributed by atoms with Crippen molar-refractivity contribution in [3.8, 4) is 22.7 Å². The van der Waals surface area contributed by atoms with Gasteiger partial charge in [0.25, 0.3) is 0 Å². The fourth-order valence-electron chi connectivity index (χ4n) is 3.64. The van der Waals surface area contributed by atoms with Crippen LogP contribution >= 0.6 is 0 Å². The standard InChI is InChI=1S/C25H30N6O3Si/c1-6-21(32)26-13-18-8-7-9-19(12-18)23-22-20(25-30-29-17(2)34-25)14-31(24(22)28-15-27-23)16-33-10-11-35(3,4)5/h6-9,12,14-15H,1,10-11,13,16H2,2-5H3,(H,26,32).